The van der Waals surface area contributed by atoms with E-state index < -0.39 is 0 Å². The van der Waals surface area contributed by atoms with Crippen molar-refractivity contribution >= 4 is 28.0 Å². The van der Waals surface area contributed by atoms with E-state index in [1.54, 1.807) is 31.2 Å². The molecular weight excluding hydrogens is 284 g/mol. The molecule has 0 aliphatic carbocycles. The predicted octanol–water partition coefficient (Wildman–Crippen LogP) is 3.01. The molecule has 5 heteroatoms. The predicted molar refractivity (Wildman–Crippen MR) is 86.0 cm³/mol. The molecule has 1 aromatic heterocycles. The van der Waals surface area contributed by atoms with Gasteiger partial charge in [-0.2, -0.15) is 0 Å². The van der Waals surface area contributed by atoms with Gasteiger partial charge in [-0.3, -0.25) is 9.59 Å². The quantitative estimate of drug-likeness (QED) is 0.834. The van der Waals surface area contributed by atoms with E-state index >= 15 is 0 Å². The van der Waals surface area contributed by atoms with Gasteiger partial charge in [0.1, 0.15) is 0 Å². The standard InChI is InChI=1S/C16H18N2O2S/c1-3-9-18-16(20)14-10(2)12(15(17)21-14)13(19)11-7-5-4-6-8-11/h4-8H,3,9,17H2,1-2H3,(H,18,20). The molecule has 0 saturated carbocycles. The van der Waals surface area contributed by atoms with Gasteiger partial charge in [0, 0.05) is 12.1 Å². The summed E-state index contributed by atoms with van der Waals surface area (Å²) in [6.07, 6.45) is 0.863. The molecule has 0 aliphatic heterocycles. The van der Waals surface area contributed by atoms with Gasteiger partial charge in [0.15, 0.2) is 5.78 Å². The first-order chi connectivity index (χ1) is 10.1. The third kappa shape index (κ3) is 3.13. The molecule has 0 fully saturated rings. The second-order valence-electron chi connectivity index (χ2n) is 4.75. The Morgan fingerprint density at radius 2 is 1.90 bits per heavy atom. The Morgan fingerprint density at radius 1 is 1.24 bits per heavy atom. The Labute approximate surface area is 128 Å². The third-order valence-corrected chi connectivity index (χ3v) is 4.30. The van der Waals surface area contributed by atoms with Gasteiger partial charge in [0.2, 0.25) is 0 Å². The minimum atomic E-state index is -0.168. The van der Waals surface area contributed by atoms with E-state index in [2.05, 4.69) is 5.32 Å². The largest absolute Gasteiger partial charge is 0.390 e. The number of amides is 1. The highest BCUT2D eigenvalue weighted by Gasteiger charge is 2.23. The zero-order valence-corrected chi connectivity index (χ0v) is 12.9. The zero-order chi connectivity index (χ0) is 15.4. The number of carbonyl (C=O) groups excluding carboxylic acids is 2. The maximum Gasteiger partial charge on any atom is 0.261 e. The lowest BCUT2D eigenvalue weighted by Gasteiger charge is -2.04. The third-order valence-electron chi connectivity index (χ3n) is 3.18. The Balaban J connectivity index is 2.36. The molecule has 2 aromatic rings. The number of anilines is 1. The van der Waals surface area contributed by atoms with Gasteiger partial charge in [-0.25, -0.2) is 0 Å². The van der Waals surface area contributed by atoms with Crippen LogP contribution < -0.4 is 11.1 Å². The molecule has 21 heavy (non-hydrogen) atoms. The van der Waals surface area contributed by atoms with Gasteiger partial charge in [0.25, 0.3) is 5.91 Å². The molecule has 0 atom stereocenters. The van der Waals surface area contributed by atoms with Crippen LogP contribution in [-0.2, 0) is 0 Å². The maximum absolute atomic E-state index is 12.5. The molecule has 1 amide bonds. The summed E-state index contributed by atoms with van der Waals surface area (Å²) in [5, 5.41) is 3.20. The molecule has 4 nitrogen and oxygen atoms in total. The molecule has 0 spiro atoms. The Morgan fingerprint density at radius 3 is 2.52 bits per heavy atom. The summed E-state index contributed by atoms with van der Waals surface area (Å²) < 4.78 is 0. The van der Waals surface area contributed by atoms with Crippen molar-refractivity contribution in [2.24, 2.45) is 0 Å². The second-order valence-corrected chi connectivity index (χ2v) is 5.80. The molecule has 0 unspecified atom stereocenters. The van der Waals surface area contributed by atoms with Gasteiger partial charge in [-0.05, 0) is 18.9 Å². The lowest BCUT2D eigenvalue weighted by Crippen LogP contribution is -2.23. The number of hydrogen-bond acceptors (Lipinski definition) is 4. The first-order valence-corrected chi connectivity index (χ1v) is 7.64. The van der Waals surface area contributed by atoms with E-state index in [1.807, 2.05) is 13.0 Å². The summed E-state index contributed by atoms with van der Waals surface area (Å²) in [4.78, 5) is 25.1. The van der Waals surface area contributed by atoms with Gasteiger partial charge in [-0.1, -0.05) is 37.3 Å². The van der Waals surface area contributed by atoms with Crippen molar-refractivity contribution in [2.75, 3.05) is 12.3 Å². The molecule has 1 heterocycles. The van der Waals surface area contributed by atoms with Crippen molar-refractivity contribution < 1.29 is 9.59 Å². The molecule has 3 N–H and O–H groups in total. The summed E-state index contributed by atoms with van der Waals surface area (Å²) in [5.41, 5.74) is 7.63. The van der Waals surface area contributed by atoms with Crippen LogP contribution in [0.3, 0.4) is 0 Å². The highest BCUT2D eigenvalue weighted by Crippen LogP contribution is 2.32. The van der Waals surface area contributed by atoms with Crippen LogP contribution in [0.2, 0.25) is 0 Å². The zero-order valence-electron chi connectivity index (χ0n) is 12.1. The van der Waals surface area contributed by atoms with E-state index in [1.165, 1.54) is 11.3 Å². The monoisotopic (exact) mass is 302 g/mol. The fraction of sp³-hybridized carbons (Fsp3) is 0.250. The lowest BCUT2D eigenvalue weighted by atomic mass is 10.0. The van der Waals surface area contributed by atoms with Crippen LogP contribution in [0.25, 0.3) is 0 Å². The minimum Gasteiger partial charge on any atom is -0.390 e. The van der Waals surface area contributed by atoms with Crippen LogP contribution >= 0.6 is 11.3 Å². The molecule has 0 aliphatic rings. The number of nitrogen functional groups attached to an aromatic ring is 1. The number of rotatable bonds is 5. The van der Waals surface area contributed by atoms with Crippen LogP contribution in [0.1, 0.15) is 44.5 Å². The summed E-state index contributed by atoms with van der Waals surface area (Å²) in [7, 11) is 0. The van der Waals surface area contributed by atoms with Crippen molar-refractivity contribution in [3.63, 3.8) is 0 Å². The van der Waals surface area contributed by atoms with Crippen molar-refractivity contribution in [3.8, 4) is 0 Å². The van der Waals surface area contributed by atoms with Crippen molar-refractivity contribution in [1.29, 1.82) is 0 Å². The number of benzene rings is 1. The summed E-state index contributed by atoms with van der Waals surface area (Å²) in [5.74, 6) is -0.311. The first kappa shape index (κ1) is 15.3. The number of nitrogens with one attached hydrogen (secondary N) is 1. The molecule has 0 saturated heterocycles. The van der Waals surface area contributed by atoms with Gasteiger partial charge >= 0.3 is 0 Å². The van der Waals surface area contributed by atoms with Crippen molar-refractivity contribution in [2.45, 2.75) is 20.3 Å². The lowest BCUT2D eigenvalue weighted by molar-refractivity contribution is 0.0957. The Hall–Kier alpha value is -2.14. The van der Waals surface area contributed by atoms with Crippen LogP contribution in [0, 0.1) is 6.92 Å². The van der Waals surface area contributed by atoms with E-state index in [9.17, 15) is 9.59 Å². The smallest absolute Gasteiger partial charge is 0.261 e. The first-order valence-electron chi connectivity index (χ1n) is 6.83. The molecular formula is C16H18N2O2S. The number of carbonyl (C=O) groups is 2. The minimum absolute atomic E-state index is 0.142. The Bertz CT molecular complexity index is 662. The highest BCUT2D eigenvalue weighted by atomic mass is 32.1. The molecule has 110 valence electrons. The van der Waals surface area contributed by atoms with Crippen LogP contribution in [0.5, 0.6) is 0 Å². The van der Waals surface area contributed by atoms with E-state index in [-0.39, 0.29) is 11.7 Å². The maximum atomic E-state index is 12.5. The number of ketones is 1. The molecule has 0 bridgehead atoms. The average molecular weight is 302 g/mol. The molecule has 2 rings (SSSR count). The Kier molecular flexibility index (Phi) is 4.75. The SMILES string of the molecule is CCCNC(=O)c1sc(N)c(C(=O)c2ccccc2)c1C. The van der Waals surface area contributed by atoms with Crippen molar-refractivity contribution in [3.05, 3.63) is 51.9 Å². The van der Waals surface area contributed by atoms with Gasteiger partial charge < -0.3 is 11.1 Å². The average Bonchev–Trinajstić information content (AvgIpc) is 2.80. The number of hydrogen-bond donors (Lipinski definition) is 2. The number of thiophene rings is 1. The normalized spacial score (nSPS) is 10.4. The fourth-order valence-corrected chi connectivity index (χ4v) is 3.08. The van der Waals surface area contributed by atoms with Crippen LogP contribution in [0.4, 0.5) is 5.00 Å². The molecule has 1 aromatic carbocycles. The van der Waals surface area contributed by atoms with E-state index in [0.29, 0.717) is 33.1 Å². The molecule has 0 radical (unpaired) electrons. The van der Waals surface area contributed by atoms with Crippen LogP contribution in [0.15, 0.2) is 30.3 Å². The number of nitrogens with two attached hydrogens (primary N) is 1. The summed E-state index contributed by atoms with van der Waals surface area (Å²) in [6, 6.07) is 8.95. The second kappa shape index (κ2) is 6.54. The van der Waals surface area contributed by atoms with Gasteiger partial charge in [-0.15, -0.1) is 11.3 Å². The van der Waals surface area contributed by atoms with Crippen molar-refractivity contribution in [1.82, 2.24) is 5.32 Å². The van der Waals surface area contributed by atoms with Gasteiger partial charge in [0.05, 0.1) is 15.4 Å². The highest BCUT2D eigenvalue weighted by molar-refractivity contribution is 7.18. The van der Waals surface area contributed by atoms with E-state index in [0.717, 1.165) is 6.42 Å². The summed E-state index contributed by atoms with van der Waals surface area (Å²) in [6.45, 7) is 4.36. The topological polar surface area (TPSA) is 72.2 Å². The van der Waals surface area contributed by atoms with E-state index in [4.69, 9.17) is 5.73 Å². The van der Waals surface area contributed by atoms with Crippen LogP contribution in [-0.4, -0.2) is 18.2 Å². The fourth-order valence-electron chi connectivity index (χ4n) is 2.09. The summed E-state index contributed by atoms with van der Waals surface area (Å²) >= 11 is 1.17.